The highest BCUT2D eigenvalue weighted by Crippen LogP contribution is 2.33. The molecule has 0 aliphatic carbocycles. The van der Waals surface area contributed by atoms with E-state index >= 15 is 0 Å². The standard InChI is InChI=1S/C18H19BrF2/c1-11(2)8-13-4-6-14(7-5-13)18(19)15-9-12(3)16(20)10-17(15)21/h4-7,9-11,18H,8H2,1-3H3. The summed E-state index contributed by atoms with van der Waals surface area (Å²) in [5, 5.41) is 0. The lowest BCUT2D eigenvalue weighted by atomic mass is 9.98. The highest BCUT2D eigenvalue weighted by molar-refractivity contribution is 9.09. The molecule has 0 saturated heterocycles. The Morgan fingerprint density at radius 3 is 2.19 bits per heavy atom. The minimum Gasteiger partial charge on any atom is -0.207 e. The molecule has 3 heteroatoms. The van der Waals surface area contributed by atoms with Crippen molar-refractivity contribution in [3.63, 3.8) is 0 Å². The fraction of sp³-hybridized carbons (Fsp3) is 0.333. The molecule has 0 fully saturated rings. The first-order valence-corrected chi connectivity index (χ1v) is 7.98. The first-order valence-electron chi connectivity index (χ1n) is 7.07. The number of benzene rings is 2. The topological polar surface area (TPSA) is 0 Å². The van der Waals surface area contributed by atoms with Crippen LogP contribution in [0.5, 0.6) is 0 Å². The second kappa shape index (κ2) is 6.69. The molecule has 0 aliphatic rings. The van der Waals surface area contributed by atoms with Crippen LogP contribution in [0.2, 0.25) is 0 Å². The van der Waals surface area contributed by atoms with Crippen LogP contribution in [-0.4, -0.2) is 0 Å². The molecule has 0 bridgehead atoms. The Labute approximate surface area is 133 Å². The summed E-state index contributed by atoms with van der Waals surface area (Å²) in [7, 11) is 0. The number of hydrogen-bond acceptors (Lipinski definition) is 0. The number of hydrogen-bond donors (Lipinski definition) is 0. The van der Waals surface area contributed by atoms with E-state index in [9.17, 15) is 8.78 Å². The molecule has 0 saturated carbocycles. The summed E-state index contributed by atoms with van der Waals surface area (Å²) in [5.41, 5.74) is 3.15. The van der Waals surface area contributed by atoms with Crippen molar-refractivity contribution in [2.45, 2.75) is 32.0 Å². The van der Waals surface area contributed by atoms with Crippen LogP contribution in [0.4, 0.5) is 8.78 Å². The lowest BCUT2D eigenvalue weighted by Gasteiger charge is -2.14. The molecule has 1 atom stereocenters. The molecule has 0 radical (unpaired) electrons. The van der Waals surface area contributed by atoms with Crippen LogP contribution in [0, 0.1) is 24.5 Å². The normalized spacial score (nSPS) is 12.7. The van der Waals surface area contributed by atoms with Gasteiger partial charge in [0.25, 0.3) is 0 Å². The van der Waals surface area contributed by atoms with E-state index in [1.807, 2.05) is 12.1 Å². The van der Waals surface area contributed by atoms with Crippen molar-refractivity contribution in [2.24, 2.45) is 5.92 Å². The minimum absolute atomic E-state index is 0.273. The van der Waals surface area contributed by atoms with Crippen molar-refractivity contribution in [1.82, 2.24) is 0 Å². The average Bonchev–Trinajstić information content (AvgIpc) is 2.42. The van der Waals surface area contributed by atoms with Crippen molar-refractivity contribution in [1.29, 1.82) is 0 Å². The second-order valence-electron chi connectivity index (χ2n) is 5.83. The van der Waals surface area contributed by atoms with Gasteiger partial charge in [-0.1, -0.05) is 54.0 Å². The first-order chi connectivity index (χ1) is 9.88. The van der Waals surface area contributed by atoms with Crippen LogP contribution in [0.1, 0.15) is 40.9 Å². The average molecular weight is 353 g/mol. The van der Waals surface area contributed by atoms with E-state index in [0.29, 0.717) is 17.0 Å². The van der Waals surface area contributed by atoms with Gasteiger partial charge in [-0.05, 0) is 42.0 Å². The highest BCUT2D eigenvalue weighted by atomic mass is 79.9. The maximum atomic E-state index is 13.9. The lowest BCUT2D eigenvalue weighted by molar-refractivity contribution is 0.569. The molecule has 21 heavy (non-hydrogen) atoms. The van der Waals surface area contributed by atoms with Gasteiger partial charge in [0, 0.05) is 11.6 Å². The summed E-state index contributed by atoms with van der Waals surface area (Å²) in [5.74, 6) is -0.428. The maximum absolute atomic E-state index is 13.9. The Kier molecular flexibility index (Phi) is 5.15. The molecule has 0 nitrogen and oxygen atoms in total. The van der Waals surface area contributed by atoms with Crippen molar-refractivity contribution in [3.8, 4) is 0 Å². The van der Waals surface area contributed by atoms with E-state index in [4.69, 9.17) is 0 Å². The molecule has 0 amide bonds. The Balaban J connectivity index is 2.27. The van der Waals surface area contributed by atoms with Crippen LogP contribution in [0.25, 0.3) is 0 Å². The molecule has 1 unspecified atom stereocenters. The van der Waals surface area contributed by atoms with Gasteiger partial charge < -0.3 is 0 Å². The number of alkyl halides is 1. The number of halogens is 3. The quantitative estimate of drug-likeness (QED) is 0.595. The van der Waals surface area contributed by atoms with Crippen molar-refractivity contribution >= 4 is 15.9 Å². The van der Waals surface area contributed by atoms with E-state index in [1.54, 1.807) is 13.0 Å². The predicted octanol–water partition coefficient (Wildman–Crippen LogP) is 5.96. The van der Waals surface area contributed by atoms with Crippen molar-refractivity contribution in [3.05, 3.63) is 70.3 Å². The number of aryl methyl sites for hydroxylation is 1. The van der Waals surface area contributed by atoms with Gasteiger partial charge >= 0.3 is 0 Å². The second-order valence-corrected chi connectivity index (χ2v) is 6.74. The van der Waals surface area contributed by atoms with Gasteiger partial charge in [-0.15, -0.1) is 0 Å². The Bertz CT molecular complexity index is 618. The van der Waals surface area contributed by atoms with Gasteiger partial charge in [0.05, 0.1) is 4.83 Å². The Morgan fingerprint density at radius 1 is 1.00 bits per heavy atom. The third-order valence-corrected chi connectivity index (χ3v) is 4.49. The third-order valence-electron chi connectivity index (χ3n) is 3.47. The molecule has 0 aliphatic heterocycles. The van der Waals surface area contributed by atoms with E-state index < -0.39 is 11.6 Å². The third kappa shape index (κ3) is 3.91. The predicted molar refractivity (Wildman–Crippen MR) is 86.8 cm³/mol. The van der Waals surface area contributed by atoms with Crippen molar-refractivity contribution < 1.29 is 8.78 Å². The van der Waals surface area contributed by atoms with E-state index in [2.05, 4.69) is 41.9 Å². The van der Waals surface area contributed by atoms with E-state index in [1.165, 1.54) is 5.56 Å². The molecular weight excluding hydrogens is 334 g/mol. The zero-order chi connectivity index (χ0) is 15.6. The zero-order valence-electron chi connectivity index (χ0n) is 12.5. The largest absolute Gasteiger partial charge is 0.207 e. The van der Waals surface area contributed by atoms with Gasteiger partial charge in [0.1, 0.15) is 11.6 Å². The van der Waals surface area contributed by atoms with Crippen LogP contribution >= 0.6 is 15.9 Å². The summed E-state index contributed by atoms with van der Waals surface area (Å²) in [6, 6.07) is 10.6. The molecule has 0 aromatic heterocycles. The fourth-order valence-electron chi connectivity index (χ4n) is 2.35. The first kappa shape index (κ1) is 16.2. The smallest absolute Gasteiger partial charge is 0.130 e. The zero-order valence-corrected chi connectivity index (χ0v) is 14.0. The summed E-state index contributed by atoms with van der Waals surface area (Å²) in [6.45, 7) is 6.00. The van der Waals surface area contributed by atoms with Crippen LogP contribution in [0.3, 0.4) is 0 Å². The van der Waals surface area contributed by atoms with Gasteiger partial charge in [-0.2, -0.15) is 0 Å². The van der Waals surface area contributed by atoms with Crippen LogP contribution in [0.15, 0.2) is 36.4 Å². The SMILES string of the molecule is Cc1cc(C(Br)c2ccc(CC(C)C)cc2)c(F)cc1F. The highest BCUT2D eigenvalue weighted by Gasteiger charge is 2.17. The molecule has 2 aromatic carbocycles. The van der Waals surface area contributed by atoms with E-state index in [-0.39, 0.29) is 4.83 Å². The van der Waals surface area contributed by atoms with Crippen LogP contribution < -0.4 is 0 Å². The summed E-state index contributed by atoms with van der Waals surface area (Å²) in [6.07, 6.45) is 1.03. The van der Waals surface area contributed by atoms with E-state index in [0.717, 1.165) is 18.1 Å². The van der Waals surface area contributed by atoms with Gasteiger partial charge in [0.2, 0.25) is 0 Å². The monoisotopic (exact) mass is 352 g/mol. The molecule has 112 valence electrons. The molecule has 0 N–H and O–H groups in total. The lowest BCUT2D eigenvalue weighted by Crippen LogP contribution is -2.00. The summed E-state index contributed by atoms with van der Waals surface area (Å²) < 4.78 is 27.3. The molecule has 0 spiro atoms. The minimum atomic E-state index is -0.522. The van der Waals surface area contributed by atoms with Crippen LogP contribution in [-0.2, 0) is 6.42 Å². The molecular formula is C18H19BrF2. The Hall–Kier alpha value is -1.22. The molecule has 2 aromatic rings. The summed E-state index contributed by atoms with van der Waals surface area (Å²) in [4.78, 5) is -0.273. The van der Waals surface area contributed by atoms with Gasteiger partial charge in [-0.25, -0.2) is 8.78 Å². The molecule has 2 rings (SSSR count). The maximum Gasteiger partial charge on any atom is 0.130 e. The summed E-state index contributed by atoms with van der Waals surface area (Å²) >= 11 is 3.52. The van der Waals surface area contributed by atoms with Crippen molar-refractivity contribution in [2.75, 3.05) is 0 Å². The van der Waals surface area contributed by atoms with Gasteiger partial charge in [0.15, 0.2) is 0 Å². The fourth-order valence-corrected chi connectivity index (χ4v) is 3.00. The molecule has 0 heterocycles. The van der Waals surface area contributed by atoms with Gasteiger partial charge in [-0.3, -0.25) is 0 Å². The number of rotatable bonds is 4. The Morgan fingerprint density at radius 2 is 1.62 bits per heavy atom.